The van der Waals surface area contributed by atoms with E-state index in [-0.39, 0.29) is 18.0 Å². The van der Waals surface area contributed by atoms with Crippen LogP contribution in [0.3, 0.4) is 0 Å². The van der Waals surface area contributed by atoms with Gasteiger partial charge in [0.2, 0.25) is 0 Å². The number of hydrogen-bond acceptors (Lipinski definition) is 3. The Kier molecular flexibility index (Phi) is 8.47. The molecule has 0 radical (unpaired) electrons. The first kappa shape index (κ1) is 23.9. The average Bonchev–Trinajstić information content (AvgIpc) is 2.80. The first-order valence-electron chi connectivity index (χ1n) is 11.1. The van der Waals surface area contributed by atoms with Gasteiger partial charge < -0.3 is 20.7 Å². The molecule has 0 bridgehead atoms. The van der Waals surface area contributed by atoms with Gasteiger partial charge in [-0.2, -0.15) is 0 Å². The van der Waals surface area contributed by atoms with Crippen LogP contribution in [0.15, 0.2) is 72.8 Å². The van der Waals surface area contributed by atoms with E-state index in [4.69, 9.17) is 4.74 Å². The number of carbonyl (C=O) groups is 2. The zero-order valence-corrected chi connectivity index (χ0v) is 19.4. The third-order valence-electron chi connectivity index (χ3n) is 4.95. The van der Waals surface area contributed by atoms with Crippen LogP contribution in [-0.2, 0) is 19.7 Å². The van der Waals surface area contributed by atoms with Gasteiger partial charge in [0.05, 0.1) is 0 Å². The summed E-state index contributed by atoms with van der Waals surface area (Å²) < 4.78 is 5.84. The summed E-state index contributed by atoms with van der Waals surface area (Å²) in [6, 6.07) is 23.0. The molecule has 0 aliphatic rings. The van der Waals surface area contributed by atoms with Crippen LogP contribution < -0.4 is 20.7 Å². The molecule has 0 fully saturated rings. The van der Waals surface area contributed by atoms with Crippen LogP contribution in [0.1, 0.15) is 46.5 Å². The molecule has 6 heteroatoms. The van der Waals surface area contributed by atoms with Gasteiger partial charge in [-0.05, 0) is 61.7 Å². The Morgan fingerprint density at radius 3 is 2.09 bits per heavy atom. The lowest BCUT2D eigenvalue weighted by Gasteiger charge is -2.11. The number of aryl methyl sites for hydroxylation is 1. The van der Waals surface area contributed by atoms with Crippen molar-refractivity contribution in [3.63, 3.8) is 0 Å². The molecule has 3 rings (SSSR count). The van der Waals surface area contributed by atoms with Crippen LogP contribution >= 0.6 is 0 Å². The summed E-state index contributed by atoms with van der Waals surface area (Å²) in [5, 5.41) is 8.49. The van der Waals surface area contributed by atoms with Crippen molar-refractivity contribution in [1.29, 1.82) is 0 Å². The minimum absolute atomic E-state index is 0.0819. The van der Waals surface area contributed by atoms with Gasteiger partial charge in [0.1, 0.15) is 12.4 Å². The molecule has 0 unspecified atom stereocenters. The summed E-state index contributed by atoms with van der Waals surface area (Å²) in [5.74, 6) is 0.643. The zero-order chi connectivity index (χ0) is 23.6. The van der Waals surface area contributed by atoms with Crippen LogP contribution in [0, 0.1) is 6.92 Å². The lowest BCUT2D eigenvalue weighted by Crippen LogP contribution is -2.39. The minimum atomic E-state index is -0.210. The van der Waals surface area contributed by atoms with Crippen molar-refractivity contribution in [2.45, 2.75) is 46.5 Å². The molecular formula is C27H31N3O3. The van der Waals surface area contributed by atoms with Gasteiger partial charge in [-0.15, -0.1) is 0 Å². The summed E-state index contributed by atoms with van der Waals surface area (Å²) in [6.45, 7) is 7.22. The summed E-state index contributed by atoms with van der Waals surface area (Å²) in [4.78, 5) is 24.1. The van der Waals surface area contributed by atoms with Crippen molar-refractivity contribution < 1.29 is 14.3 Å². The Bertz CT molecular complexity index is 1060. The fraction of sp³-hybridized carbons (Fsp3) is 0.259. The highest BCUT2D eigenvalue weighted by molar-refractivity contribution is 5.94. The second-order valence-electron chi connectivity index (χ2n) is 8.28. The molecule has 3 aromatic carbocycles. The van der Waals surface area contributed by atoms with E-state index in [1.54, 1.807) is 12.1 Å². The summed E-state index contributed by atoms with van der Waals surface area (Å²) in [5.41, 5.74) is 4.83. The van der Waals surface area contributed by atoms with E-state index in [1.807, 2.05) is 62.4 Å². The molecule has 0 heterocycles. The largest absolute Gasteiger partial charge is 0.489 e. The highest BCUT2D eigenvalue weighted by atomic mass is 16.5. The van der Waals surface area contributed by atoms with Gasteiger partial charge in [0.15, 0.2) is 0 Å². The van der Waals surface area contributed by atoms with Crippen molar-refractivity contribution in [3.8, 4) is 5.75 Å². The van der Waals surface area contributed by atoms with Crippen molar-refractivity contribution in [1.82, 2.24) is 16.0 Å². The molecule has 0 atom stereocenters. The number of benzene rings is 3. The number of nitrogens with one attached hydrogen (secondary N) is 3. The normalized spacial score (nSPS) is 10.5. The van der Waals surface area contributed by atoms with E-state index in [1.165, 1.54) is 5.56 Å². The summed E-state index contributed by atoms with van der Waals surface area (Å²) in [7, 11) is 0. The molecule has 0 aromatic heterocycles. The molecule has 0 spiro atoms. The average molecular weight is 446 g/mol. The Morgan fingerprint density at radius 1 is 0.818 bits per heavy atom. The molecular weight excluding hydrogens is 414 g/mol. The maximum atomic E-state index is 12.5. The number of ether oxygens (including phenoxy) is 1. The number of urea groups is 1. The number of hydrogen-bond donors (Lipinski definition) is 3. The third kappa shape index (κ3) is 8.00. The van der Waals surface area contributed by atoms with E-state index in [2.05, 4.69) is 35.0 Å². The first-order valence-corrected chi connectivity index (χ1v) is 11.1. The second kappa shape index (κ2) is 11.7. The standard InChI is InChI=1S/C27H31N3O3/c1-19(2)30-27(32)29-17-21-7-11-24(12-8-21)26(31)28-16-22-9-13-25(14-10-22)33-18-23-6-4-5-20(3)15-23/h4-15,19H,16-18H2,1-3H3,(H,28,31)(H2,29,30,32). The predicted molar refractivity (Wildman–Crippen MR) is 130 cm³/mol. The maximum absolute atomic E-state index is 12.5. The Hall–Kier alpha value is -3.80. The van der Waals surface area contributed by atoms with Crippen LogP contribution in [0.25, 0.3) is 0 Å². The lowest BCUT2D eigenvalue weighted by atomic mass is 10.1. The maximum Gasteiger partial charge on any atom is 0.315 e. The molecule has 0 saturated heterocycles. The first-order chi connectivity index (χ1) is 15.9. The van der Waals surface area contributed by atoms with Gasteiger partial charge in [-0.3, -0.25) is 4.79 Å². The summed E-state index contributed by atoms with van der Waals surface area (Å²) in [6.07, 6.45) is 0. The van der Waals surface area contributed by atoms with Gasteiger partial charge in [0, 0.05) is 24.7 Å². The molecule has 6 nitrogen and oxygen atoms in total. The van der Waals surface area contributed by atoms with Crippen LogP contribution in [0.5, 0.6) is 5.75 Å². The fourth-order valence-corrected chi connectivity index (χ4v) is 3.23. The Balaban J connectivity index is 1.43. The minimum Gasteiger partial charge on any atom is -0.489 e. The van der Waals surface area contributed by atoms with Crippen molar-refractivity contribution in [2.24, 2.45) is 0 Å². The molecule has 0 saturated carbocycles. The van der Waals surface area contributed by atoms with E-state index < -0.39 is 0 Å². The topological polar surface area (TPSA) is 79.5 Å². The summed E-state index contributed by atoms with van der Waals surface area (Å²) >= 11 is 0. The number of amides is 3. The second-order valence-corrected chi connectivity index (χ2v) is 8.28. The number of carbonyl (C=O) groups excluding carboxylic acids is 2. The van der Waals surface area contributed by atoms with Crippen molar-refractivity contribution >= 4 is 11.9 Å². The van der Waals surface area contributed by atoms with Crippen molar-refractivity contribution in [3.05, 3.63) is 101 Å². The Morgan fingerprint density at radius 2 is 1.45 bits per heavy atom. The van der Waals surface area contributed by atoms with Crippen LogP contribution in [-0.4, -0.2) is 18.0 Å². The smallest absolute Gasteiger partial charge is 0.315 e. The molecule has 172 valence electrons. The van der Waals surface area contributed by atoms with Gasteiger partial charge in [0.25, 0.3) is 5.91 Å². The van der Waals surface area contributed by atoms with E-state index in [0.29, 0.717) is 25.3 Å². The predicted octanol–water partition coefficient (Wildman–Crippen LogP) is 4.71. The molecule has 0 aliphatic heterocycles. The highest BCUT2D eigenvalue weighted by Gasteiger charge is 2.07. The monoisotopic (exact) mass is 445 g/mol. The van der Waals surface area contributed by atoms with E-state index >= 15 is 0 Å². The van der Waals surface area contributed by atoms with Crippen LogP contribution in [0.2, 0.25) is 0 Å². The van der Waals surface area contributed by atoms with Gasteiger partial charge in [-0.1, -0.05) is 54.1 Å². The van der Waals surface area contributed by atoms with Crippen LogP contribution in [0.4, 0.5) is 4.79 Å². The van der Waals surface area contributed by atoms with E-state index in [9.17, 15) is 9.59 Å². The van der Waals surface area contributed by atoms with Crippen molar-refractivity contribution in [2.75, 3.05) is 0 Å². The molecule has 3 amide bonds. The molecule has 33 heavy (non-hydrogen) atoms. The highest BCUT2D eigenvalue weighted by Crippen LogP contribution is 2.15. The lowest BCUT2D eigenvalue weighted by molar-refractivity contribution is 0.0951. The molecule has 3 N–H and O–H groups in total. The fourth-order valence-electron chi connectivity index (χ4n) is 3.23. The SMILES string of the molecule is Cc1cccc(COc2ccc(CNC(=O)c3ccc(CNC(=O)NC(C)C)cc3)cc2)c1. The molecule has 3 aromatic rings. The molecule has 0 aliphatic carbocycles. The van der Waals surface area contributed by atoms with Gasteiger partial charge >= 0.3 is 6.03 Å². The quantitative estimate of drug-likeness (QED) is 0.446. The van der Waals surface area contributed by atoms with Gasteiger partial charge in [-0.25, -0.2) is 4.79 Å². The third-order valence-corrected chi connectivity index (χ3v) is 4.95. The zero-order valence-electron chi connectivity index (χ0n) is 19.4. The van der Waals surface area contributed by atoms with E-state index in [0.717, 1.165) is 22.4 Å². The number of rotatable bonds is 9. The Labute approximate surface area is 195 Å².